The lowest BCUT2D eigenvalue weighted by molar-refractivity contribution is 0.535. The molecule has 0 bridgehead atoms. The Kier molecular flexibility index (Phi) is 7.57. The molecule has 0 aliphatic carbocycles. The van der Waals surface area contributed by atoms with Gasteiger partial charge in [-0.1, -0.05) is 18.2 Å². The van der Waals surface area contributed by atoms with Crippen LogP contribution in [0.25, 0.3) is 0 Å². The molecule has 0 heterocycles. The molecule has 7 heteroatoms. The van der Waals surface area contributed by atoms with Crippen molar-refractivity contribution in [1.82, 2.24) is 0 Å². The summed E-state index contributed by atoms with van der Waals surface area (Å²) in [6.07, 6.45) is 2.29. The highest BCUT2D eigenvalue weighted by molar-refractivity contribution is 7.77. The number of nitrogens with zero attached hydrogens (tertiary/aromatic N) is 2. The second kappa shape index (κ2) is 8.68. The lowest BCUT2D eigenvalue weighted by Crippen LogP contribution is -1.74. The quantitative estimate of drug-likeness (QED) is 0.421. The van der Waals surface area contributed by atoms with Crippen LogP contribution >= 0.6 is 0 Å². The van der Waals surface area contributed by atoms with Gasteiger partial charge in [0.15, 0.2) is 0 Å². The lowest BCUT2D eigenvalue weighted by Gasteiger charge is -1.84. The van der Waals surface area contributed by atoms with Crippen LogP contribution in [0.5, 0.6) is 0 Å². The predicted octanol–water partition coefficient (Wildman–Crippen LogP) is 0.770. The predicted molar refractivity (Wildman–Crippen MR) is 51.3 cm³/mol. The topological polar surface area (TPSA) is 99.0 Å². The molecule has 1 aromatic rings. The minimum Gasteiger partial charge on any atom is -0.753 e. The third kappa shape index (κ3) is 8.42. The fraction of sp³-hybridized carbons (Fsp3) is 0. The van der Waals surface area contributed by atoms with Crippen molar-refractivity contribution in [3.63, 3.8) is 0 Å². The highest BCUT2D eigenvalue weighted by Crippen LogP contribution is 2.06. The van der Waals surface area contributed by atoms with E-state index in [2.05, 4.69) is 9.39 Å². The molecule has 1 atom stereocenters. The third-order valence-corrected chi connectivity index (χ3v) is 1.27. The molecule has 0 aromatic heterocycles. The summed E-state index contributed by atoms with van der Waals surface area (Å²) in [5.41, 5.74) is 0.646. The maximum atomic E-state index is 9.68. The van der Waals surface area contributed by atoms with E-state index in [9.17, 15) is 13.6 Å². The van der Waals surface area contributed by atoms with Crippen LogP contribution < -0.4 is 0 Å². The first-order valence-electron chi connectivity index (χ1n) is 3.51. The molecule has 0 N–H and O–H groups in total. The molecule has 6 nitrogen and oxygen atoms in total. The molecular formula is C8H5N2O4S-. The van der Waals surface area contributed by atoms with Crippen LogP contribution in [0.4, 0.5) is 5.69 Å². The van der Waals surface area contributed by atoms with Gasteiger partial charge in [0.1, 0.15) is 0 Å². The Morgan fingerprint density at radius 2 is 1.73 bits per heavy atom. The Balaban J connectivity index is 0.000000288. The van der Waals surface area contributed by atoms with Crippen LogP contribution in [0.15, 0.2) is 39.7 Å². The summed E-state index contributed by atoms with van der Waals surface area (Å²) >= 11 is -2.61. The van der Waals surface area contributed by atoms with E-state index in [1.165, 1.54) is 6.08 Å². The van der Waals surface area contributed by atoms with E-state index in [1.807, 2.05) is 18.2 Å². The van der Waals surface area contributed by atoms with Crippen LogP contribution in [0, 0.1) is 0 Å². The summed E-state index contributed by atoms with van der Waals surface area (Å²) in [6.45, 7) is 0. The van der Waals surface area contributed by atoms with E-state index < -0.39 is 11.3 Å². The maximum absolute atomic E-state index is 9.68. The van der Waals surface area contributed by atoms with Crippen LogP contribution in [-0.4, -0.2) is 20.9 Å². The van der Waals surface area contributed by atoms with Gasteiger partial charge in [0, 0.05) is 0 Å². The van der Waals surface area contributed by atoms with Crippen molar-refractivity contribution >= 4 is 29.1 Å². The number of rotatable bonds is 2. The molecule has 0 saturated heterocycles. The molecule has 0 aliphatic rings. The zero-order valence-electron chi connectivity index (χ0n) is 7.32. The molecule has 1 rings (SSSR count). The highest BCUT2D eigenvalue weighted by atomic mass is 32.2. The van der Waals surface area contributed by atoms with Crippen LogP contribution in [0.1, 0.15) is 0 Å². The van der Waals surface area contributed by atoms with E-state index in [1.54, 1.807) is 12.1 Å². The van der Waals surface area contributed by atoms with Crippen molar-refractivity contribution in [1.29, 1.82) is 0 Å². The molecule has 0 radical (unpaired) electrons. The maximum Gasteiger partial charge on any atom is 0.248 e. The minimum atomic E-state index is -2.61. The number of isocyanates is 2. The summed E-state index contributed by atoms with van der Waals surface area (Å²) in [6, 6.07) is 8.98. The van der Waals surface area contributed by atoms with Crippen LogP contribution in [0.3, 0.4) is 0 Å². The fourth-order valence-corrected chi connectivity index (χ4v) is 0.647. The Labute approximate surface area is 87.8 Å². The summed E-state index contributed by atoms with van der Waals surface area (Å²) in [7, 11) is 0. The molecule has 0 amide bonds. The number of para-hydroxylation sites is 1. The first kappa shape index (κ1) is 13.1. The zero-order valence-corrected chi connectivity index (χ0v) is 8.14. The molecular weight excluding hydrogens is 220 g/mol. The molecule has 15 heavy (non-hydrogen) atoms. The minimum absolute atomic E-state index is 0.646. The summed E-state index contributed by atoms with van der Waals surface area (Å²) in [4.78, 5) is 22.0. The van der Waals surface area contributed by atoms with Gasteiger partial charge in [-0.25, -0.2) is 13.8 Å². The number of carbonyl (C=O) groups excluding carboxylic acids is 2. The molecule has 0 aliphatic heterocycles. The zero-order chi connectivity index (χ0) is 11.5. The largest absolute Gasteiger partial charge is 0.753 e. The van der Waals surface area contributed by atoms with Crippen LogP contribution in [0.2, 0.25) is 0 Å². The lowest BCUT2D eigenvalue weighted by atomic mass is 10.3. The van der Waals surface area contributed by atoms with Crippen LogP contribution in [-0.2, 0) is 20.9 Å². The van der Waals surface area contributed by atoms with Gasteiger partial charge >= 0.3 is 0 Å². The van der Waals surface area contributed by atoms with Gasteiger partial charge in [0.2, 0.25) is 12.2 Å². The van der Waals surface area contributed by atoms with E-state index in [0.717, 1.165) is 6.08 Å². The average Bonchev–Trinajstić information content (AvgIpc) is 2.20. The second-order valence-corrected chi connectivity index (χ2v) is 2.56. The van der Waals surface area contributed by atoms with Crippen molar-refractivity contribution in [2.75, 3.05) is 0 Å². The van der Waals surface area contributed by atoms with Gasteiger partial charge in [-0.05, 0) is 12.1 Å². The smallest absolute Gasteiger partial charge is 0.248 e. The van der Waals surface area contributed by atoms with E-state index in [4.69, 9.17) is 4.79 Å². The molecule has 0 saturated carbocycles. The van der Waals surface area contributed by atoms with Gasteiger partial charge in [0.25, 0.3) is 0 Å². The number of benzene rings is 1. The standard InChI is InChI=1S/C7H5NO.CHNO3S/c9-6-8-7-4-2-1-3-5-7;3-1-2-6(4)5/h1-5H;(H,4,5)/p-1. The monoisotopic (exact) mass is 225 g/mol. The SMILES string of the molecule is O=C=NS(=O)[O-].O=C=Nc1ccccc1. The Morgan fingerprint density at radius 3 is 2.07 bits per heavy atom. The van der Waals surface area contributed by atoms with Crippen molar-refractivity contribution in [3.8, 4) is 0 Å². The first-order valence-corrected chi connectivity index (χ1v) is 4.54. The Bertz CT molecular complexity index is 408. The Hall–Kier alpha value is -1.91. The fourth-order valence-electron chi connectivity index (χ4n) is 0.586. The average molecular weight is 225 g/mol. The summed E-state index contributed by atoms with van der Waals surface area (Å²) < 4.78 is 20.6. The molecule has 1 aromatic carbocycles. The molecule has 0 spiro atoms. The van der Waals surface area contributed by atoms with Crippen molar-refractivity contribution in [2.45, 2.75) is 0 Å². The van der Waals surface area contributed by atoms with E-state index in [-0.39, 0.29) is 0 Å². The number of hydrogen-bond donors (Lipinski definition) is 0. The first-order chi connectivity index (χ1) is 7.20. The van der Waals surface area contributed by atoms with Crippen molar-refractivity contribution < 1.29 is 18.4 Å². The van der Waals surface area contributed by atoms with Gasteiger partial charge in [-0.2, -0.15) is 4.99 Å². The molecule has 78 valence electrons. The number of hydrogen-bond acceptors (Lipinski definition) is 5. The highest BCUT2D eigenvalue weighted by Gasteiger charge is 1.79. The summed E-state index contributed by atoms with van der Waals surface area (Å²) in [5, 5.41) is 0. The molecule has 0 fully saturated rings. The Morgan fingerprint density at radius 1 is 1.13 bits per heavy atom. The van der Waals surface area contributed by atoms with Gasteiger partial charge in [-0.3, -0.25) is 0 Å². The normalized spacial score (nSPS) is 9.67. The van der Waals surface area contributed by atoms with Gasteiger partial charge in [0.05, 0.1) is 17.0 Å². The van der Waals surface area contributed by atoms with Crippen molar-refractivity contribution in [3.05, 3.63) is 30.3 Å². The van der Waals surface area contributed by atoms with Gasteiger partial charge < -0.3 is 4.55 Å². The van der Waals surface area contributed by atoms with E-state index in [0.29, 0.717) is 5.69 Å². The van der Waals surface area contributed by atoms with Crippen molar-refractivity contribution in [2.24, 2.45) is 9.39 Å². The second-order valence-electron chi connectivity index (χ2n) is 1.94. The third-order valence-electron chi connectivity index (χ3n) is 1.04. The van der Waals surface area contributed by atoms with E-state index >= 15 is 0 Å². The van der Waals surface area contributed by atoms with Gasteiger partial charge in [-0.15, -0.1) is 4.40 Å². The molecule has 1 unspecified atom stereocenters. The number of aliphatic imine (C=N–C) groups is 1. The summed E-state index contributed by atoms with van der Waals surface area (Å²) in [5.74, 6) is 0.